The molecule has 0 atom stereocenters. The predicted molar refractivity (Wildman–Crippen MR) is 61.1 cm³/mol. The summed E-state index contributed by atoms with van der Waals surface area (Å²) in [5.74, 6) is 1.66. The van der Waals surface area contributed by atoms with Gasteiger partial charge in [-0.3, -0.25) is 0 Å². The van der Waals surface area contributed by atoms with Gasteiger partial charge in [-0.1, -0.05) is 12.1 Å². The highest BCUT2D eigenvalue weighted by molar-refractivity contribution is 7.79. The third kappa shape index (κ3) is 4.03. The lowest BCUT2D eigenvalue weighted by Gasteiger charge is -2.06. The van der Waals surface area contributed by atoms with Crippen LogP contribution in [0.1, 0.15) is 12.0 Å². The Morgan fingerprint density at radius 3 is 2.86 bits per heavy atom. The maximum absolute atomic E-state index is 5.54. The summed E-state index contributed by atoms with van der Waals surface area (Å²) >= 11 is 4.21. The van der Waals surface area contributed by atoms with Crippen LogP contribution >= 0.6 is 12.6 Å². The van der Waals surface area contributed by atoms with E-state index in [9.17, 15) is 0 Å². The average Bonchev–Trinajstić information content (AvgIpc) is 2.25. The molecule has 0 unspecified atom stereocenters. The Kier molecular flexibility index (Phi) is 5.49. The van der Waals surface area contributed by atoms with Crippen LogP contribution in [-0.2, 0) is 10.5 Å². The second-order valence-electron chi connectivity index (χ2n) is 3.00. The molecule has 0 aliphatic heterocycles. The molecular weight excluding hydrogens is 196 g/mol. The lowest BCUT2D eigenvalue weighted by molar-refractivity contribution is 0.172. The van der Waals surface area contributed by atoms with Gasteiger partial charge in [0.2, 0.25) is 0 Å². The van der Waals surface area contributed by atoms with E-state index >= 15 is 0 Å². The molecule has 2 nitrogen and oxygen atoms in total. The monoisotopic (exact) mass is 212 g/mol. The van der Waals surface area contributed by atoms with E-state index in [-0.39, 0.29) is 0 Å². The molecule has 0 saturated heterocycles. The van der Waals surface area contributed by atoms with Gasteiger partial charge in [0.25, 0.3) is 0 Å². The van der Waals surface area contributed by atoms with Gasteiger partial charge in [-0.2, -0.15) is 12.6 Å². The smallest absolute Gasteiger partial charge is 0.119 e. The molecule has 1 aromatic rings. The first-order valence-electron chi connectivity index (χ1n) is 4.68. The minimum atomic E-state index is 0.698. The van der Waals surface area contributed by atoms with Crippen molar-refractivity contribution in [2.75, 3.05) is 20.3 Å². The maximum Gasteiger partial charge on any atom is 0.119 e. The van der Waals surface area contributed by atoms with Gasteiger partial charge >= 0.3 is 0 Å². The summed E-state index contributed by atoms with van der Waals surface area (Å²) < 4.78 is 10.5. The van der Waals surface area contributed by atoms with Gasteiger partial charge in [0.15, 0.2) is 0 Å². The van der Waals surface area contributed by atoms with Crippen molar-refractivity contribution in [3.05, 3.63) is 29.8 Å². The molecule has 0 fully saturated rings. The third-order valence-corrected chi connectivity index (χ3v) is 2.21. The maximum atomic E-state index is 5.54. The van der Waals surface area contributed by atoms with Gasteiger partial charge < -0.3 is 9.47 Å². The molecule has 1 rings (SSSR count). The zero-order chi connectivity index (χ0) is 10.2. The number of thiol groups is 1. The Morgan fingerprint density at radius 2 is 2.14 bits per heavy atom. The lowest BCUT2D eigenvalue weighted by atomic mass is 10.2. The molecule has 0 saturated carbocycles. The zero-order valence-electron chi connectivity index (χ0n) is 8.40. The van der Waals surface area contributed by atoms with Gasteiger partial charge in [-0.15, -0.1) is 0 Å². The first-order valence-corrected chi connectivity index (χ1v) is 5.31. The molecule has 0 N–H and O–H groups in total. The van der Waals surface area contributed by atoms with Gasteiger partial charge in [0, 0.05) is 25.9 Å². The van der Waals surface area contributed by atoms with Crippen LogP contribution in [0.2, 0.25) is 0 Å². The SMILES string of the molecule is COCCCOc1cccc(CS)c1. The van der Waals surface area contributed by atoms with Crippen molar-refractivity contribution in [3.8, 4) is 5.75 Å². The van der Waals surface area contributed by atoms with Crippen molar-refractivity contribution in [2.45, 2.75) is 12.2 Å². The van der Waals surface area contributed by atoms with E-state index in [1.807, 2.05) is 24.3 Å². The van der Waals surface area contributed by atoms with Crippen molar-refractivity contribution in [2.24, 2.45) is 0 Å². The third-order valence-electron chi connectivity index (χ3n) is 1.84. The van der Waals surface area contributed by atoms with Crippen molar-refractivity contribution >= 4 is 12.6 Å². The molecule has 0 aliphatic rings. The Labute approximate surface area is 90.6 Å². The summed E-state index contributed by atoms with van der Waals surface area (Å²) in [6.45, 7) is 1.44. The summed E-state index contributed by atoms with van der Waals surface area (Å²) in [6, 6.07) is 7.99. The van der Waals surface area contributed by atoms with Gasteiger partial charge in [0.1, 0.15) is 5.75 Å². The quantitative estimate of drug-likeness (QED) is 0.577. The van der Waals surface area contributed by atoms with E-state index in [2.05, 4.69) is 12.6 Å². The summed E-state index contributed by atoms with van der Waals surface area (Å²) in [7, 11) is 1.70. The number of hydrogen-bond acceptors (Lipinski definition) is 3. The van der Waals surface area contributed by atoms with Crippen molar-refractivity contribution in [1.82, 2.24) is 0 Å². The van der Waals surface area contributed by atoms with Crippen LogP contribution in [0.3, 0.4) is 0 Å². The summed E-state index contributed by atoms with van der Waals surface area (Å²) in [4.78, 5) is 0. The second kappa shape index (κ2) is 6.74. The van der Waals surface area contributed by atoms with Gasteiger partial charge in [-0.25, -0.2) is 0 Å². The summed E-state index contributed by atoms with van der Waals surface area (Å²) in [5.41, 5.74) is 1.18. The zero-order valence-corrected chi connectivity index (χ0v) is 9.30. The largest absolute Gasteiger partial charge is 0.493 e. The fourth-order valence-electron chi connectivity index (χ4n) is 1.13. The van der Waals surface area contributed by atoms with E-state index in [4.69, 9.17) is 9.47 Å². The number of methoxy groups -OCH3 is 1. The molecule has 78 valence electrons. The van der Waals surface area contributed by atoms with Crippen LogP contribution in [0.15, 0.2) is 24.3 Å². The van der Waals surface area contributed by atoms with E-state index in [1.54, 1.807) is 7.11 Å². The van der Waals surface area contributed by atoms with Crippen molar-refractivity contribution < 1.29 is 9.47 Å². The fraction of sp³-hybridized carbons (Fsp3) is 0.455. The van der Waals surface area contributed by atoms with Gasteiger partial charge in [-0.05, 0) is 17.7 Å². The first kappa shape index (κ1) is 11.4. The topological polar surface area (TPSA) is 18.5 Å². The van der Waals surface area contributed by atoms with E-state index in [0.717, 1.165) is 24.5 Å². The van der Waals surface area contributed by atoms with Crippen LogP contribution in [-0.4, -0.2) is 20.3 Å². The van der Waals surface area contributed by atoms with Crippen LogP contribution < -0.4 is 4.74 Å². The molecule has 0 aliphatic carbocycles. The van der Waals surface area contributed by atoms with Crippen LogP contribution in [0.5, 0.6) is 5.75 Å². The van der Waals surface area contributed by atoms with E-state index < -0.39 is 0 Å². The lowest BCUT2D eigenvalue weighted by Crippen LogP contribution is -2.01. The minimum absolute atomic E-state index is 0.698. The Bertz CT molecular complexity index is 263. The highest BCUT2D eigenvalue weighted by Gasteiger charge is 1.95. The van der Waals surface area contributed by atoms with E-state index in [1.165, 1.54) is 5.56 Å². The Hall–Kier alpha value is -0.670. The van der Waals surface area contributed by atoms with E-state index in [0.29, 0.717) is 6.61 Å². The molecular formula is C11H16O2S. The molecule has 0 amide bonds. The summed E-state index contributed by atoms with van der Waals surface area (Å²) in [5, 5.41) is 0. The van der Waals surface area contributed by atoms with Crippen LogP contribution in [0, 0.1) is 0 Å². The number of hydrogen-bond donors (Lipinski definition) is 1. The molecule has 0 heterocycles. The molecule has 3 heteroatoms. The minimum Gasteiger partial charge on any atom is -0.493 e. The highest BCUT2D eigenvalue weighted by atomic mass is 32.1. The van der Waals surface area contributed by atoms with Crippen LogP contribution in [0.25, 0.3) is 0 Å². The fourth-order valence-corrected chi connectivity index (χ4v) is 1.32. The Balaban J connectivity index is 2.34. The Morgan fingerprint density at radius 1 is 1.29 bits per heavy atom. The normalized spacial score (nSPS) is 10.1. The molecule has 1 aromatic carbocycles. The first-order chi connectivity index (χ1) is 6.86. The molecule has 0 spiro atoms. The van der Waals surface area contributed by atoms with Crippen molar-refractivity contribution in [3.63, 3.8) is 0 Å². The molecule has 0 bridgehead atoms. The van der Waals surface area contributed by atoms with Crippen molar-refractivity contribution in [1.29, 1.82) is 0 Å². The highest BCUT2D eigenvalue weighted by Crippen LogP contribution is 2.14. The average molecular weight is 212 g/mol. The number of benzene rings is 1. The standard InChI is InChI=1S/C11H16O2S/c1-12-6-3-7-13-11-5-2-4-10(8-11)9-14/h2,4-5,8,14H,3,6-7,9H2,1H3. The summed E-state index contributed by atoms with van der Waals surface area (Å²) in [6.07, 6.45) is 0.918. The second-order valence-corrected chi connectivity index (χ2v) is 3.32. The molecule has 0 aromatic heterocycles. The number of ether oxygens (including phenoxy) is 2. The molecule has 0 radical (unpaired) electrons. The predicted octanol–water partition coefficient (Wildman–Crippen LogP) is 2.53. The number of rotatable bonds is 6. The van der Waals surface area contributed by atoms with Crippen LogP contribution in [0.4, 0.5) is 0 Å². The van der Waals surface area contributed by atoms with Gasteiger partial charge in [0.05, 0.1) is 6.61 Å². The molecule has 14 heavy (non-hydrogen) atoms.